The summed E-state index contributed by atoms with van der Waals surface area (Å²) in [6.45, 7) is 10.2. The molecule has 1 aromatic heterocycles. The summed E-state index contributed by atoms with van der Waals surface area (Å²) in [4.78, 5) is 0. The number of likely N-dealkylation sites (N-methyl/N-ethyl adjacent to an activating group) is 1. The summed E-state index contributed by atoms with van der Waals surface area (Å²) in [7, 11) is 0. The number of rotatable bonds is 6. The van der Waals surface area contributed by atoms with Crippen molar-refractivity contribution in [2.45, 2.75) is 53.0 Å². The normalized spacial score (nSPS) is 14.0. The summed E-state index contributed by atoms with van der Waals surface area (Å²) in [5.74, 6) is 0. The lowest BCUT2D eigenvalue weighted by Gasteiger charge is -2.23. The number of hydrogen-bond acceptors (Lipinski definition) is 2. The molecule has 1 N–H and O–H groups in total. The van der Waals surface area contributed by atoms with Crippen molar-refractivity contribution in [2.24, 2.45) is 5.41 Å². The van der Waals surface area contributed by atoms with Gasteiger partial charge in [-0.15, -0.1) is 0 Å². The molecule has 1 nitrogen and oxygen atoms in total. The van der Waals surface area contributed by atoms with E-state index in [0.717, 1.165) is 6.54 Å². The Balaban J connectivity index is 2.41. The predicted molar refractivity (Wildman–Crippen MR) is 74.2 cm³/mol. The molecule has 0 saturated carbocycles. The minimum absolute atomic E-state index is 0.447. The Morgan fingerprint density at radius 2 is 2.12 bits per heavy atom. The lowest BCUT2D eigenvalue weighted by molar-refractivity contribution is 0.330. The van der Waals surface area contributed by atoms with Crippen LogP contribution in [0.25, 0.3) is 0 Å². The Kier molecular flexibility index (Phi) is 5.50. The van der Waals surface area contributed by atoms with Crippen molar-refractivity contribution in [2.75, 3.05) is 6.54 Å². The smallest absolute Gasteiger partial charge is 0.0108 e. The third-order valence-electron chi connectivity index (χ3n) is 2.80. The molecule has 0 spiro atoms. The van der Waals surface area contributed by atoms with Crippen LogP contribution in [0.1, 0.15) is 46.1 Å². The van der Waals surface area contributed by atoms with Gasteiger partial charge in [-0.25, -0.2) is 0 Å². The summed E-state index contributed by atoms with van der Waals surface area (Å²) in [5.41, 5.74) is 1.92. The molecule has 16 heavy (non-hydrogen) atoms. The summed E-state index contributed by atoms with van der Waals surface area (Å²) < 4.78 is 0. The van der Waals surface area contributed by atoms with Gasteiger partial charge >= 0.3 is 0 Å². The Labute approximate surface area is 104 Å². The highest BCUT2D eigenvalue weighted by molar-refractivity contribution is 7.07. The summed E-state index contributed by atoms with van der Waals surface area (Å²) in [6, 6.07) is 2.88. The van der Waals surface area contributed by atoms with E-state index in [1.807, 2.05) is 0 Å². The topological polar surface area (TPSA) is 12.0 Å². The average Bonchev–Trinajstić information content (AvgIpc) is 2.66. The fourth-order valence-electron chi connectivity index (χ4n) is 1.87. The molecule has 1 heterocycles. The molecule has 0 aliphatic rings. The van der Waals surface area contributed by atoms with E-state index < -0.39 is 0 Å². The second kappa shape index (κ2) is 6.41. The molecule has 2 heteroatoms. The summed E-state index contributed by atoms with van der Waals surface area (Å²) in [5, 5.41) is 8.03. The van der Waals surface area contributed by atoms with Crippen LogP contribution in [0.4, 0.5) is 0 Å². The zero-order valence-corrected chi connectivity index (χ0v) is 11.9. The SMILES string of the molecule is CCNC(CCC(C)(C)C)Cc1ccsc1. The lowest BCUT2D eigenvalue weighted by Crippen LogP contribution is -2.31. The van der Waals surface area contributed by atoms with Crippen molar-refractivity contribution in [1.82, 2.24) is 5.32 Å². The van der Waals surface area contributed by atoms with E-state index in [0.29, 0.717) is 11.5 Å². The van der Waals surface area contributed by atoms with Crippen LogP contribution in [0.3, 0.4) is 0 Å². The van der Waals surface area contributed by atoms with Gasteiger partial charge in [0.05, 0.1) is 0 Å². The van der Waals surface area contributed by atoms with E-state index in [4.69, 9.17) is 0 Å². The standard InChI is InChI=1S/C14H25NS/c1-5-15-13(6-8-14(2,3)4)10-12-7-9-16-11-12/h7,9,11,13,15H,5-6,8,10H2,1-4H3. The van der Waals surface area contributed by atoms with Crippen LogP contribution >= 0.6 is 11.3 Å². The van der Waals surface area contributed by atoms with Crippen molar-refractivity contribution in [3.63, 3.8) is 0 Å². The fourth-order valence-corrected chi connectivity index (χ4v) is 2.55. The van der Waals surface area contributed by atoms with Gasteiger partial charge in [0.25, 0.3) is 0 Å². The minimum atomic E-state index is 0.447. The first kappa shape index (κ1) is 13.7. The number of nitrogens with one attached hydrogen (secondary N) is 1. The Morgan fingerprint density at radius 3 is 2.62 bits per heavy atom. The molecule has 0 aliphatic heterocycles. The highest BCUT2D eigenvalue weighted by Crippen LogP contribution is 2.23. The van der Waals surface area contributed by atoms with Gasteiger partial charge in [-0.3, -0.25) is 0 Å². The molecule has 0 amide bonds. The molecule has 0 radical (unpaired) electrons. The van der Waals surface area contributed by atoms with Crippen molar-refractivity contribution in [3.8, 4) is 0 Å². The molecule has 1 atom stereocenters. The van der Waals surface area contributed by atoms with Gasteiger partial charge in [0.15, 0.2) is 0 Å². The maximum atomic E-state index is 3.60. The number of hydrogen-bond donors (Lipinski definition) is 1. The van der Waals surface area contributed by atoms with Crippen LogP contribution in [0.5, 0.6) is 0 Å². The van der Waals surface area contributed by atoms with Crippen molar-refractivity contribution >= 4 is 11.3 Å². The van der Waals surface area contributed by atoms with Crippen LogP contribution in [-0.2, 0) is 6.42 Å². The van der Waals surface area contributed by atoms with Crippen LogP contribution in [-0.4, -0.2) is 12.6 Å². The largest absolute Gasteiger partial charge is 0.314 e. The first-order valence-electron chi connectivity index (χ1n) is 6.26. The van der Waals surface area contributed by atoms with E-state index in [-0.39, 0.29) is 0 Å². The molecule has 0 bridgehead atoms. The van der Waals surface area contributed by atoms with E-state index >= 15 is 0 Å². The molecular weight excluding hydrogens is 214 g/mol. The van der Waals surface area contributed by atoms with E-state index in [1.54, 1.807) is 11.3 Å². The maximum absolute atomic E-state index is 3.60. The van der Waals surface area contributed by atoms with Gasteiger partial charge in [-0.05, 0) is 53.6 Å². The lowest BCUT2D eigenvalue weighted by atomic mass is 9.87. The van der Waals surface area contributed by atoms with Gasteiger partial charge in [0.1, 0.15) is 0 Å². The van der Waals surface area contributed by atoms with Gasteiger partial charge in [-0.2, -0.15) is 11.3 Å². The van der Waals surface area contributed by atoms with Crippen LogP contribution in [0.15, 0.2) is 16.8 Å². The highest BCUT2D eigenvalue weighted by atomic mass is 32.1. The molecule has 1 rings (SSSR count). The second-order valence-electron chi connectivity index (χ2n) is 5.69. The molecule has 0 saturated heterocycles. The molecule has 0 aromatic carbocycles. The molecule has 0 aliphatic carbocycles. The first-order chi connectivity index (χ1) is 7.51. The van der Waals surface area contributed by atoms with Crippen LogP contribution in [0, 0.1) is 5.41 Å². The van der Waals surface area contributed by atoms with Gasteiger partial charge < -0.3 is 5.32 Å². The highest BCUT2D eigenvalue weighted by Gasteiger charge is 2.15. The molecule has 0 fully saturated rings. The third kappa shape index (κ3) is 5.66. The van der Waals surface area contributed by atoms with Crippen molar-refractivity contribution in [3.05, 3.63) is 22.4 Å². The quantitative estimate of drug-likeness (QED) is 0.788. The van der Waals surface area contributed by atoms with Gasteiger partial charge in [-0.1, -0.05) is 27.7 Å². The van der Waals surface area contributed by atoms with Crippen LogP contribution in [0.2, 0.25) is 0 Å². The zero-order chi connectivity index (χ0) is 12.0. The second-order valence-corrected chi connectivity index (χ2v) is 6.47. The van der Waals surface area contributed by atoms with Crippen molar-refractivity contribution in [1.29, 1.82) is 0 Å². The van der Waals surface area contributed by atoms with E-state index in [9.17, 15) is 0 Å². The third-order valence-corrected chi connectivity index (χ3v) is 3.53. The zero-order valence-electron chi connectivity index (χ0n) is 11.0. The first-order valence-corrected chi connectivity index (χ1v) is 7.20. The maximum Gasteiger partial charge on any atom is 0.0108 e. The van der Waals surface area contributed by atoms with Crippen molar-refractivity contribution < 1.29 is 0 Å². The summed E-state index contributed by atoms with van der Waals surface area (Å²) in [6.07, 6.45) is 3.73. The molecule has 1 aromatic rings. The monoisotopic (exact) mass is 239 g/mol. The number of thiophene rings is 1. The van der Waals surface area contributed by atoms with Gasteiger partial charge in [0.2, 0.25) is 0 Å². The van der Waals surface area contributed by atoms with Crippen LogP contribution < -0.4 is 5.32 Å². The Morgan fingerprint density at radius 1 is 1.38 bits per heavy atom. The van der Waals surface area contributed by atoms with E-state index in [1.165, 1.54) is 24.8 Å². The average molecular weight is 239 g/mol. The Hall–Kier alpha value is -0.340. The minimum Gasteiger partial charge on any atom is -0.314 e. The summed E-state index contributed by atoms with van der Waals surface area (Å²) >= 11 is 1.80. The predicted octanol–water partition coefficient (Wildman–Crippen LogP) is 4.10. The molecular formula is C14H25NS. The molecule has 1 unspecified atom stereocenters. The fraction of sp³-hybridized carbons (Fsp3) is 0.714. The van der Waals surface area contributed by atoms with E-state index in [2.05, 4.69) is 49.8 Å². The van der Waals surface area contributed by atoms with Gasteiger partial charge in [0, 0.05) is 6.04 Å². The Bertz CT molecular complexity index is 271. The molecule has 92 valence electrons.